The molecule has 0 fully saturated rings. The van der Waals surface area contributed by atoms with Crippen LogP contribution in [0.5, 0.6) is 0 Å². The number of ketones is 1. The number of nitrogens with zero attached hydrogens (tertiary/aromatic N) is 2. The van der Waals surface area contributed by atoms with Crippen molar-refractivity contribution in [1.82, 2.24) is 0 Å². The van der Waals surface area contributed by atoms with Crippen molar-refractivity contribution in [1.29, 1.82) is 5.26 Å². The normalized spacial score (nSPS) is 20.8. The molecule has 1 atom stereocenters. The number of rotatable bonds is 2. The molecule has 4 rings (SSSR count). The highest BCUT2D eigenvalue weighted by atomic mass is 79.9. The van der Waals surface area contributed by atoms with Crippen molar-refractivity contribution in [3.63, 3.8) is 0 Å². The van der Waals surface area contributed by atoms with Crippen LogP contribution in [-0.2, 0) is 4.79 Å². The summed E-state index contributed by atoms with van der Waals surface area (Å²) in [6.07, 6.45) is 1.02. The lowest BCUT2D eigenvalue weighted by Crippen LogP contribution is -2.42. The molecule has 0 spiro atoms. The van der Waals surface area contributed by atoms with Crippen molar-refractivity contribution >= 4 is 27.4 Å². The van der Waals surface area contributed by atoms with Crippen LogP contribution >= 0.6 is 15.9 Å². The summed E-state index contributed by atoms with van der Waals surface area (Å²) in [5, 5.41) is 10.0. The van der Waals surface area contributed by atoms with Crippen LogP contribution < -0.4 is 10.6 Å². The third-order valence-corrected chi connectivity index (χ3v) is 6.20. The van der Waals surface area contributed by atoms with Gasteiger partial charge in [-0.15, -0.1) is 0 Å². The summed E-state index contributed by atoms with van der Waals surface area (Å²) in [6.45, 7) is 4.09. The van der Waals surface area contributed by atoms with E-state index in [1.54, 1.807) is 17.0 Å². The molecule has 1 heterocycles. The van der Waals surface area contributed by atoms with Crippen LogP contribution in [0.25, 0.3) is 0 Å². The number of hydrogen-bond donors (Lipinski definition) is 1. The largest absolute Gasteiger partial charge is 0.384 e. The number of Topliss-reactive ketones (excluding diaryl/α,β-unsaturated/α-hetero) is 1. The molecule has 30 heavy (non-hydrogen) atoms. The maximum atomic E-state index is 13.5. The van der Waals surface area contributed by atoms with Crippen molar-refractivity contribution in [2.75, 3.05) is 4.90 Å². The zero-order valence-corrected chi connectivity index (χ0v) is 18.3. The van der Waals surface area contributed by atoms with Crippen LogP contribution in [0.2, 0.25) is 0 Å². The lowest BCUT2D eigenvalue weighted by Gasteiger charge is -2.43. The highest BCUT2D eigenvalue weighted by Crippen LogP contribution is 2.50. The first-order valence-corrected chi connectivity index (χ1v) is 10.5. The van der Waals surface area contributed by atoms with Gasteiger partial charge in [0.05, 0.1) is 17.6 Å². The summed E-state index contributed by atoms with van der Waals surface area (Å²) in [6, 6.07) is 15.8. The van der Waals surface area contributed by atoms with E-state index in [-0.39, 0.29) is 22.8 Å². The van der Waals surface area contributed by atoms with Crippen molar-refractivity contribution < 1.29 is 9.18 Å². The van der Waals surface area contributed by atoms with Gasteiger partial charge in [0.1, 0.15) is 11.6 Å². The Morgan fingerprint density at radius 3 is 2.37 bits per heavy atom. The Kier molecular flexibility index (Phi) is 5.03. The third kappa shape index (κ3) is 3.44. The summed E-state index contributed by atoms with van der Waals surface area (Å²) in [7, 11) is 0. The zero-order valence-electron chi connectivity index (χ0n) is 16.7. The smallest absolute Gasteiger partial charge is 0.162 e. The van der Waals surface area contributed by atoms with Gasteiger partial charge in [0.25, 0.3) is 0 Å². The van der Waals surface area contributed by atoms with Crippen LogP contribution in [0.1, 0.15) is 38.2 Å². The van der Waals surface area contributed by atoms with Gasteiger partial charge < -0.3 is 5.73 Å². The third-order valence-electron chi connectivity index (χ3n) is 5.67. The van der Waals surface area contributed by atoms with E-state index in [0.29, 0.717) is 29.7 Å². The van der Waals surface area contributed by atoms with E-state index in [2.05, 4.69) is 22.0 Å². The number of nitrogens with two attached hydrogens (primary N) is 1. The van der Waals surface area contributed by atoms with Gasteiger partial charge in [-0.05, 0) is 53.8 Å². The molecule has 0 amide bonds. The summed E-state index contributed by atoms with van der Waals surface area (Å²) in [4.78, 5) is 15.1. The summed E-state index contributed by atoms with van der Waals surface area (Å²) < 4.78 is 14.5. The number of allylic oxidation sites excluding steroid dienone is 3. The predicted molar refractivity (Wildman–Crippen MR) is 118 cm³/mol. The minimum atomic E-state index is -0.515. The topological polar surface area (TPSA) is 70.1 Å². The van der Waals surface area contributed by atoms with E-state index in [1.165, 1.54) is 12.1 Å². The molecule has 0 bridgehead atoms. The first-order valence-electron chi connectivity index (χ1n) is 9.69. The van der Waals surface area contributed by atoms with Gasteiger partial charge in [-0.1, -0.05) is 41.9 Å². The molecule has 2 N–H and O–H groups in total. The Labute approximate surface area is 183 Å². The fraction of sp³-hybridized carbons (Fsp3) is 0.250. The SMILES string of the molecule is CC1(C)CC(=O)C2=C(C1)N(c1ccc(F)cc1)C(N)=C(C#N)[C@H]2c1ccc(Br)cc1. The lowest BCUT2D eigenvalue weighted by molar-refractivity contribution is -0.118. The fourth-order valence-corrected chi connectivity index (χ4v) is 4.65. The standard InChI is InChI=1S/C24H21BrFN3O/c1-24(2)11-19-22(20(30)12-24)21(14-3-5-15(25)6-4-14)18(13-27)23(28)29(19)17-9-7-16(26)8-10-17/h3-10,21H,11-12,28H2,1-2H3/t21-/m1/s1. The van der Waals surface area contributed by atoms with Gasteiger partial charge in [-0.3, -0.25) is 9.69 Å². The molecule has 1 aliphatic heterocycles. The Morgan fingerprint density at radius 1 is 1.13 bits per heavy atom. The molecule has 0 unspecified atom stereocenters. The molecule has 152 valence electrons. The average molecular weight is 466 g/mol. The van der Waals surface area contributed by atoms with Crippen molar-refractivity contribution in [2.24, 2.45) is 11.1 Å². The molecule has 2 aromatic carbocycles. The molecule has 1 aliphatic carbocycles. The van der Waals surface area contributed by atoms with Gasteiger partial charge in [0, 0.05) is 27.9 Å². The van der Waals surface area contributed by atoms with Gasteiger partial charge in [0.15, 0.2) is 5.78 Å². The Morgan fingerprint density at radius 2 is 1.77 bits per heavy atom. The first-order chi connectivity index (χ1) is 14.2. The highest BCUT2D eigenvalue weighted by Gasteiger charge is 2.44. The molecule has 0 saturated heterocycles. The Balaban J connectivity index is 1.98. The first kappa shape index (κ1) is 20.4. The van der Waals surface area contributed by atoms with Gasteiger partial charge in [-0.25, -0.2) is 4.39 Å². The minimum absolute atomic E-state index is 0.0153. The van der Waals surface area contributed by atoms with E-state index < -0.39 is 5.92 Å². The van der Waals surface area contributed by atoms with E-state index in [9.17, 15) is 14.4 Å². The number of halogens is 2. The maximum Gasteiger partial charge on any atom is 0.162 e. The Hall–Kier alpha value is -2.91. The average Bonchev–Trinajstić information content (AvgIpc) is 2.68. The highest BCUT2D eigenvalue weighted by molar-refractivity contribution is 9.10. The lowest BCUT2D eigenvalue weighted by atomic mass is 9.68. The molecular weight excluding hydrogens is 445 g/mol. The van der Waals surface area contributed by atoms with Crippen LogP contribution in [-0.4, -0.2) is 5.78 Å². The van der Waals surface area contributed by atoms with Crippen molar-refractivity contribution in [2.45, 2.75) is 32.6 Å². The second-order valence-electron chi connectivity index (χ2n) is 8.51. The molecule has 6 heteroatoms. The number of benzene rings is 2. The van der Waals surface area contributed by atoms with Gasteiger partial charge in [0.2, 0.25) is 0 Å². The molecular formula is C24H21BrFN3O. The van der Waals surface area contributed by atoms with E-state index in [1.807, 2.05) is 38.1 Å². The predicted octanol–water partition coefficient (Wildman–Crippen LogP) is 5.53. The molecule has 4 nitrogen and oxygen atoms in total. The molecule has 0 aromatic heterocycles. The monoisotopic (exact) mass is 465 g/mol. The summed E-state index contributed by atoms with van der Waals surface area (Å²) >= 11 is 3.44. The number of anilines is 1. The maximum absolute atomic E-state index is 13.5. The van der Waals surface area contributed by atoms with E-state index in [0.717, 1.165) is 15.7 Å². The summed E-state index contributed by atoms with van der Waals surface area (Å²) in [5.41, 5.74) is 9.48. The number of carbonyl (C=O) groups excluding carboxylic acids is 1. The van der Waals surface area contributed by atoms with E-state index >= 15 is 0 Å². The van der Waals surface area contributed by atoms with Gasteiger partial charge >= 0.3 is 0 Å². The van der Waals surface area contributed by atoms with Crippen molar-refractivity contribution in [3.8, 4) is 6.07 Å². The number of hydrogen-bond acceptors (Lipinski definition) is 4. The zero-order chi connectivity index (χ0) is 21.6. The molecule has 0 saturated carbocycles. The summed E-state index contributed by atoms with van der Waals surface area (Å²) in [5.74, 6) is -0.581. The second-order valence-corrected chi connectivity index (χ2v) is 9.42. The van der Waals surface area contributed by atoms with Crippen LogP contribution in [0, 0.1) is 22.6 Å². The quantitative estimate of drug-likeness (QED) is 0.632. The van der Waals surface area contributed by atoms with Crippen LogP contribution in [0.3, 0.4) is 0 Å². The fourth-order valence-electron chi connectivity index (χ4n) is 4.38. The number of carbonyl (C=O) groups is 1. The van der Waals surface area contributed by atoms with Crippen LogP contribution in [0.4, 0.5) is 10.1 Å². The van der Waals surface area contributed by atoms with E-state index in [4.69, 9.17) is 5.73 Å². The van der Waals surface area contributed by atoms with Crippen LogP contribution in [0.15, 0.2) is 75.7 Å². The molecule has 0 radical (unpaired) electrons. The Bertz CT molecular complexity index is 1120. The van der Waals surface area contributed by atoms with Gasteiger partial charge in [-0.2, -0.15) is 5.26 Å². The minimum Gasteiger partial charge on any atom is -0.384 e. The second kappa shape index (κ2) is 7.41. The van der Waals surface area contributed by atoms with Crippen molar-refractivity contribution in [3.05, 3.63) is 87.0 Å². The number of nitriles is 1. The molecule has 2 aromatic rings. The molecule has 2 aliphatic rings.